The summed E-state index contributed by atoms with van der Waals surface area (Å²) in [4.78, 5) is 8.18. The topological polar surface area (TPSA) is 57.4 Å². The summed E-state index contributed by atoms with van der Waals surface area (Å²) in [6.07, 6.45) is 4.71. The number of halogens is 1. The van der Waals surface area contributed by atoms with Gasteiger partial charge in [0.25, 0.3) is 0 Å². The van der Waals surface area contributed by atoms with Gasteiger partial charge in [-0.25, -0.2) is 4.98 Å². The average molecular weight is 364 g/mol. The number of imidazole rings is 1. The highest BCUT2D eigenvalue weighted by Gasteiger charge is 2.18. The monoisotopic (exact) mass is 364 g/mol. The number of nitrogens with zero attached hydrogens (tertiary/aromatic N) is 2. The molecule has 19 heavy (non-hydrogen) atoms. The van der Waals surface area contributed by atoms with E-state index in [1.54, 1.807) is 0 Å². The van der Waals surface area contributed by atoms with Crippen molar-refractivity contribution in [2.24, 2.45) is 0 Å². The van der Waals surface area contributed by atoms with Gasteiger partial charge < -0.3 is 4.98 Å². The second-order valence-electron chi connectivity index (χ2n) is 4.98. The number of benzene rings is 1. The number of nitrogens with one attached hydrogen (secondary N) is 2. The van der Waals surface area contributed by atoms with Crippen molar-refractivity contribution >= 4 is 33.5 Å². The molecule has 2 aromatic heterocycles. The third-order valence-electron chi connectivity index (χ3n) is 3.70. The highest BCUT2D eigenvalue weighted by molar-refractivity contribution is 14.1. The number of aryl methyl sites for hydroxylation is 2. The van der Waals surface area contributed by atoms with Crippen LogP contribution in [0.15, 0.2) is 18.2 Å². The van der Waals surface area contributed by atoms with Gasteiger partial charge in [0.05, 0.1) is 11.2 Å². The second-order valence-corrected chi connectivity index (χ2v) is 6.23. The molecule has 0 aliphatic heterocycles. The number of fused-ring (bicyclic) bond motifs is 2. The fourth-order valence-corrected chi connectivity index (χ4v) is 3.22. The second kappa shape index (κ2) is 4.33. The van der Waals surface area contributed by atoms with Crippen LogP contribution >= 0.6 is 22.6 Å². The molecule has 0 saturated carbocycles. The summed E-state index contributed by atoms with van der Waals surface area (Å²) in [5.41, 5.74) is 4.51. The molecule has 1 aromatic carbocycles. The summed E-state index contributed by atoms with van der Waals surface area (Å²) >= 11 is 2.33. The maximum absolute atomic E-state index is 4.73. The van der Waals surface area contributed by atoms with Gasteiger partial charge >= 0.3 is 0 Å². The highest BCUT2D eigenvalue weighted by Crippen LogP contribution is 2.28. The predicted molar refractivity (Wildman–Crippen MR) is 83.0 cm³/mol. The van der Waals surface area contributed by atoms with E-state index in [2.05, 4.69) is 56.0 Å². The zero-order valence-electron chi connectivity index (χ0n) is 10.3. The SMILES string of the molecule is Ic1ccc2[nH]nc(-c3nc4c([nH]3)CCCC4)c2c1. The van der Waals surface area contributed by atoms with Crippen molar-refractivity contribution < 1.29 is 0 Å². The zero-order valence-corrected chi connectivity index (χ0v) is 12.5. The van der Waals surface area contributed by atoms with Crippen LogP contribution in [-0.4, -0.2) is 20.2 Å². The van der Waals surface area contributed by atoms with Crippen LogP contribution < -0.4 is 0 Å². The fourth-order valence-electron chi connectivity index (χ4n) is 2.73. The lowest BCUT2D eigenvalue weighted by atomic mass is 10.0. The first kappa shape index (κ1) is 11.5. The minimum Gasteiger partial charge on any atom is -0.340 e. The van der Waals surface area contributed by atoms with E-state index >= 15 is 0 Å². The van der Waals surface area contributed by atoms with E-state index in [4.69, 9.17) is 4.98 Å². The smallest absolute Gasteiger partial charge is 0.159 e. The third kappa shape index (κ3) is 1.87. The van der Waals surface area contributed by atoms with Crippen LogP contribution in [0.4, 0.5) is 0 Å². The Labute approximate surface area is 124 Å². The molecule has 96 valence electrons. The van der Waals surface area contributed by atoms with Gasteiger partial charge in [-0.05, 0) is 66.5 Å². The normalized spacial score (nSPS) is 14.8. The van der Waals surface area contributed by atoms with E-state index in [9.17, 15) is 0 Å². The zero-order chi connectivity index (χ0) is 12.8. The van der Waals surface area contributed by atoms with Gasteiger partial charge in [-0.1, -0.05) is 0 Å². The molecule has 4 nitrogen and oxygen atoms in total. The number of hydrogen-bond donors (Lipinski definition) is 2. The number of H-pyrrole nitrogens is 2. The first-order chi connectivity index (χ1) is 9.31. The molecule has 3 aromatic rings. The van der Waals surface area contributed by atoms with E-state index in [1.165, 1.54) is 27.8 Å². The van der Waals surface area contributed by atoms with Crippen molar-refractivity contribution in [1.82, 2.24) is 20.2 Å². The standard InChI is InChI=1S/C14H13IN4/c15-8-5-6-10-9(7-8)13(19-18-10)14-16-11-3-1-2-4-12(11)17-14/h5-7H,1-4H2,(H,16,17)(H,18,19). The van der Waals surface area contributed by atoms with Crippen LogP contribution in [0.2, 0.25) is 0 Å². The van der Waals surface area contributed by atoms with E-state index in [0.717, 1.165) is 35.3 Å². The summed E-state index contributed by atoms with van der Waals surface area (Å²) in [6.45, 7) is 0. The van der Waals surface area contributed by atoms with Crippen LogP contribution in [0.5, 0.6) is 0 Å². The maximum Gasteiger partial charge on any atom is 0.159 e. The lowest BCUT2D eigenvalue weighted by Crippen LogP contribution is -2.00. The van der Waals surface area contributed by atoms with Gasteiger partial charge in [0, 0.05) is 14.7 Å². The number of rotatable bonds is 1. The highest BCUT2D eigenvalue weighted by atomic mass is 127. The van der Waals surface area contributed by atoms with Gasteiger partial charge in [0.1, 0.15) is 5.69 Å². The summed E-state index contributed by atoms with van der Waals surface area (Å²) in [6, 6.07) is 6.30. The van der Waals surface area contributed by atoms with E-state index in [1.807, 2.05) is 0 Å². The predicted octanol–water partition coefficient (Wildman–Crippen LogP) is 3.44. The number of aromatic nitrogens is 4. The van der Waals surface area contributed by atoms with Crippen molar-refractivity contribution in [3.8, 4) is 11.5 Å². The molecule has 1 aliphatic carbocycles. The molecule has 0 unspecified atom stereocenters. The molecule has 4 rings (SSSR count). The molecule has 0 bridgehead atoms. The summed E-state index contributed by atoms with van der Waals surface area (Å²) < 4.78 is 1.21. The first-order valence-electron chi connectivity index (χ1n) is 6.53. The summed E-state index contributed by atoms with van der Waals surface area (Å²) in [5.74, 6) is 0.903. The quantitative estimate of drug-likeness (QED) is 0.650. The molecule has 2 N–H and O–H groups in total. The molecule has 0 fully saturated rings. The van der Waals surface area contributed by atoms with Gasteiger partial charge in [-0.2, -0.15) is 5.10 Å². The van der Waals surface area contributed by atoms with Crippen LogP contribution in [0.25, 0.3) is 22.4 Å². The van der Waals surface area contributed by atoms with E-state index < -0.39 is 0 Å². The van der Waals surface area contributed by atoms with E-state index in [0.29, 0.717) is 0 Å². The largest absolute Gasteiger partial charge is 0.340 e. The molecule has 0 atom stereocenters. The van der Waals surface area contributed by atoms with Crippen LogP contribution in [-0.2, 0) is 12.8 Å². The Hall–Kier alpha value is -1.37. The Bertz CT molecular complexity index is 732. The van der Waals surface area contributed by atoms with Crippen molar-refractivity contribution in [2.45, 2.75) is 25.7 Å². The van der Waals surface area contributed by atoms with Gasteiger partial charge in [-0.15, -0.1) is 0 Å². The van der Waals surface area contributed by atoms with Gasteiger partial charge in [0.15, 0.2) is 5.82 Å². The van der Waals surface area contributed by atoms with Crippen LogP contribution in [0.1, 0.15) is 24.2 Å². The Balaban J connectivity index is 1.89. The Kier molecular flexibility index (Phi) is 2.61. The Morgan fingerprint density at radius 2 is 2.05 bits per heavy atom. The van der Waals surface area contributed by atoms with Crippen molar-refractivity contribution in [2.75, 3.05) is 0 Å². The van der Waals surface area contributed by atoms with Crippen LogP contribution in [0, 0.1) is 3.57 Å². The Morgan fingerprint density at radius 3 is 2.95 bits per heavy atom. The Morgan fingerprint density at radius 1 is 1.16 bits per heavy atom. The maximum atomic E-state index is 4.73. The molecule has 0 radical (unpaired) electrons. The molecule has 1 aliphatic rings. The molecule has 0 saturated heterocycles. The molecular weight excluding hydrogens is 351 g/mol. The number of aromatic amines is 2. The van der Waals surface area contributed by atoms with Crippen molar-refractivity contribution in [3.05, 3.63) is 33.2 Å². The molecular formula is C14H13IN4. The van der Waals surface area contributed by atoms with Gasteiger partial charge in [-0.3, -0.25) is 5.10 Å². The van der Waals surface area contributed by atoms with Gasteiger partial charge in [0.2, 0.25) is 0 Å². The summed E-state index contributed by atoms with van der Waals surface area (Å²) in [5, 5.41) is 8.65. The molecule has 0 spiro atoms. The lowest BCUT2D eigenvalue weighted by Gasteiger charge is -2.07. The molecule has 5 heteroatoms. The number of hydrogen-bond acceptors (Lipinski definition) is 2. The minimum absolute atomic E-state index is 0.903. The molecule has 0 amide bonds. The fraction of sp³-hybridized carbons (Fsp3) is 0.286. The first-order valence-corrected chi connectivity index (χ1v) is 7.61. The average Bonchev–Trinajstić information content (AvgIpc) is 3.00. The lowest BCUT2D eigenvalue weighted by molar-refractivity contribution is 0.667. The minimum atomic E-state index is 0.903. The third-order valence-corrected chi connectivity index (χ3v) is 4.37. The summed E-state index contributed by atoms with van der Waals surface area (Å²) in [7, 11) is 0. The molecule has 2 heterocycles. The van der Waals surface area contributed by atoms with Crippen molar-refractivity contribution in [1.29, 1.82) is 0 Å². The van der Waals surface area contributed by atoms with Crippen molar-refractivity contribution in [3.63, 3.8) is 0 Å². The van der Waals surface area contributed by atoms with E-state index in [-0.39, 0.29) is 0 Å². The van der Waals surface area contributed by atoms with Crippen LogP contribution in [0.3, 0.4) is 0 Å².